The van der Waals surface area contributed by atoms with Crippen molar-refractivity contribution in [1.29, 1.82) is 0 Å². The number of carbonyl (C=O) groups excluding carboxylic acids is 1. The second-order valence-electron chi connectivity index (χ2n) is 5.46. The van der Waals surface area contributed by atoms with Crippen molar-refractivity contribution in [1.82, 2.24) is 20.9 Å². The van der Waals surface area contributed by atoms with Crippen LogP contribution in [-0.2, 0) is 19.3 Å². The van der Waals surface area contributed by atoms with Crippen LogP contribution in [0.25, 0.3) is 0 Å². The van der Waals surface area contributed by atoms with E-state index >= 15 is 0 Å². The van der Waals surface area contributed by atoms with Crippen molar-refractivity contribution in [3.8, 4) is 0 Å². The van der Waals surface area contributed by atoms with Gasteiger partial charge in [0.05, 0.1) is 6.54 Å². The van der Waals surface area contributed by atoms with Crippen LogP contribution in [0.4, 0.5) is 13.2 Å². The molecule has 0 fully saturated rings. The zero-order valence-electron chi connectivity index (χ0n) is 15.3. The number of carbonyl (C=O) groups is 1. The van der Waals surface area contributed by atoms with Gasteiger partial charge in [0, 0.05) is 31.1 Å². The SMILES string of the molecule is CCNC(=O)c1cccc(CNC(=NC)NCc2nc(C(F)(F)F)cs2)c1.I. The number of guanidine groups is 1. The normalized spacial score (nSPS) is 11.5. The van der Waals surface area contributed by atoms with Crippen molar-refractivity contribution in [2.45, 2.75) is 26.2 Å². The van der Waals surface area contributed by atoms with E-state index in [1.54, 1.807) is 25.2 Å². The van der Waals surface area contributed by atoms with Gasteiger partial charge in [-0.3, -0.25) is 9.79 Å². The van der Waals surface area contributed by atoms with Gasteiger partial charge in [-0.15, -0.1) is 35.3 Å². The Morgan fingerprint density at radius 3 is 2.54 bits per heavy atom. The van der Waals surface area contributed by atoms with E-state index in [9.17, 15) is 18.0 Å². The number of halogens is 4. The number of hydrogen-bond acceptors (Lipinski definition) is 4. The maximum absolute atomic E-state index is 12.6. The van der Waals surface area contributed by atoms with Gasteiger partial charge >= 0.3 is 6.18 Å². The maximum atomic E-state index is 12.6. The van der Waals surface area contributed by atoms with Gasteiger partial charge in [0.1, 0.15) is 5.01 Å². The lowest BCUT2D eigenvalue weighted by Gasteiger charge is -2.11. The van der Waals surface area contributed by atoms with Gasteiger partial charge < -0.3 is 16.0 Å². The van der Waals surface area contributed by atoms with Gasteiger partial charge in [-0.1, -0.05) is 12.1 Å². The number of hydrogen-bond donors (Lipinski definition) is 3. The van der Waals surface area contributed by atoms with Crippen LogP contribution in [0.1, 0.15) is 33.5 Å². The molecule has 1 heterocycles. The first-order chi connectivity index (χ1) is 12.8. The lowest BCUT2D eigenvalue weighted by molar-refractivity contribution is -0.140. The first-order valence-electron chi connectivity index (χ1n) is 8.16. The molecule has 0 saturated heterocycles. The van der Waals surface area contributed by atoms with Crippen LogP contribution in [0.15, 0.2) is 34.6 Å². The molecule has 1 aromatic carbocycles. The van der Waals surface area contributed by atoms with Crippen LogP contribution in [-0.4, -0.2) is 30.4 Å². The van der Waals surface area contributed by atoms with E-state index in [2.05, 4.69) is 25.9 Å². The molecule has 0 aliphatic carbocycles. The second-order valence-corrected chi connectivity index (χ2v) is 6.41. The number of thiazole rings is 1. The summed E-state index contributed by atoms with van der Waals surface area (Å²) >= 11 is 0.932. The van der Waals surface area contributed by atoms with Gasteiger partial charge in [0.15, 0.2) is 11.7 Å². The molecule has 2 rings (SSSR count). The molecule has 1 aromatic heterocycles. The Morgan fingerprint density at radius 1 is 1.21 bits per heavy atom. The third-order valence-electron chi connectivity index (χ3n) is 3.46. The summed E-state index contributed by atoms with van der Waals surface area (Å²) in [5, 5.41) is 10.0. The number of nitrogens with one attached hydrogen (secondary N) is 3. The minimum Gasteiger partial charge on any atom is -0.352 e. The fourth-order valence-electron chi connectivity index (χ4n) is 2.17. The highest BCUT2D eigenvalue weighted by Crippen LogP contribution is 2.29. The van der Waals surface area contributed by atoms with E-state index < -0.39 is 11.9 Å². The molecule has 11 heteroatoms. The number of aliphatic imine (C=N–C) groups is 1. The molecule has 6 nitrogen and oxygen atoms in total. The molecule has 0 atom stereocenters. The van der Waals surface area contributed by atoms with Crippen molar-refractivity contribution in [2.75, 3.05) is 13.6 Å². The number of amides is 1. The molecule has 0 aliphatic rings. The lowest BCUT2D eigenvalue weighted by atomic mass is 10.1. The second kappa shape index (κ2) is 11.2. The number of aromatic nitrogens is 1. The van der Waals surface area contributed by atoms with Crippen LogP contribution in [0.2, 0.25) is 0 Å². The molecular weight excluding hydrogens is 506 g/mol. The van der Waals surface area contributed by atoms with E-state index in [1.807, 2.05) is 13.0 Å². The van der Waals surface area contributed by atoms with E-state index in [-0.39, 0.29) is 36.4 Å². The van der Waals surface area contributed by atoms with E-state index in [0.717, 1.165) is 22.3 Å². The van der Waals surface area contributed by atoms with E-state index in [1.165, 1.54) is 0 Å². The molecule has 28 heavy (non-hydrogen) atoms. The third kappa shape index (κ3) is 7.26. The molecule has 154 valence electrons. The number of benzene rings is 1. The molecule has 0 spiro atoms. The summed E-state index contributed by atoms with van der Waals surface area (Å²) < 4.78 is 37.7. The zero-order valence-corrected chi connectivity index (χ0v) is 18.4. The van der Waals surface area contributed by atoms with Crippen molar-refractivity contribution >= 4 is 47.2 Å². The molecule has 0 saturated carbocycles. The van der Waals surface area contributed by atoms with Gasteiger partial charge in [-0.05, 0) is 24.6 Å². The third-order valence-corrected chi connectivity index (χ3v) is 4.31. The Labute approximate surface area is 182 Å². The summed E-state index contributed by atoms with van der Waals surface area (Å²) in [4.78, 5) is 19.5. The summed E-state index contributed by atoms with van der Waals surface area (Å²) in [5.74, 6) is 0.272. The summed E-state index contributed by atoms with van der Waals surface area (Å²) in [6, 6.07) is 7.13. The Bertz CT molecular complexity index is 810. The number of rotatable bonds is 6. The quantitative estimate of drug-likeness (QED) is 0.306. The average Bonchev–Trinajstić information content (AvgIpc) is 3.12. The minimum atomic E-state index is -4.44. The van der Waals surface area contributed by atoms with Crippen LogP contribution in [0.3, 0.4) is 0 Å². The molecule has 0 aliphatic heterocycles. The van der Waals surface area contributed by atoms with Gasteiger partial charge in [0.25, 0.3) is 5.91 Å². The fourth-order valence-corrected chi connectivity index (χ4v) is 2.91. The van der Waals surface area contributed by atoms with Crippen molar-refractivity contribution in [3.05, 3.63) is 51.5 Å². The van der Waals surface area contributed by atoms with Crippen LogP contribution in [0, 0.1) is 0 Å². The molecule has 1 amide bonds. The summed E-state index contributed by atoms with van der Waals surface area (Å²) in [5.41, 5.74) is 0.534. The van der Waals surface area contributed by atoms with Crippen LogP contribution < -0.4 is 16.0 Å². The first kappa shape index (κ1) is 24.1. The highest BCUT2D eigenvalue weighted by atomic mass is 127. The standard InChI is InChI=1S/C17H20F3N5OS.HI/c1-3-22-15(26)12-6-4-5-11(7-12)8-23-16(21-2)24-9-14-25-13(10-27-14)17(18,19)20;/h4-7,10H,3,8-9H2,1-2H3,(H,22,26)(H2,21,23,24);1H. The van der Waals surface area contributed by atoms with Crippen LogP contribution >= 0.6 is 35.3 Å². The van der Waals surface area contributed by atoms with Gasteiger partial charge in [-0.25, -0.2) is 4.98 Å². The average molecular weight is 527 g/mol. The number of nitrogens with zero attached hydrogens (tertiary/aromatic N) is 2. The molecule has 0 radical (unpaired) electrons. The van der Waals surface area contributed by atoms with Crippen molar-refractivity contribution in [3.63, 3.8) is 0 Å². The van der Waals surface area contributed by atoms with Crippen molar-refractivity contribution < 1.29 is 18.0 Å². The number of alkyl halides is 3. The molecule has 0 unspecified atom stereocenters. The Hall–Kier alpha value is -1.89. The summed E-state index contributed by atoms with van der Waals surface area (Å²) in [6.45, 7) is 2.92. The fraction of sp³-hybridized carbons (Fsp3) is 0.353. The predicted octanol–water partition coefficient (Wildman–Crippen LogP) is 3.39. The highest BCUT2D eigenvalue weighted by Gasteiger charge is 2.33. The topological polar surface area (TPSA) is 78.4 Å². The van der Waals surface area contributed by atoms with E-state index in [0.29, 0.717) is 29.6 Å². The Balaban J connectivity index is 0.00000392. The Kier molecular flexibility index (Phi) is 9.65. The minimum absolute atomic E-state index is 0. The Morgan fingerprint density at radius 2 is 1.93 bits per heavy atom. The van der Waals surface area contributed by atoms with Gasteiger partial charge in [-0.2, -0.15) is 13.2 Å². The summed E-state index contributed by atoms with van der Waals surface area (Å²) in [7, 11) is 1.56. The molecule has 0 bridgehead atoms. The molecule has 3 N–H and O–H groups in total. The maximum Gasteiger partial charge on any atom is 0.434 e. The molecule has 2 aromatic rings. The zero-order chi connectivity index (χ0) is 19.9. The first-order valence-corrected chi connectivity index (χ1v) is 9.04. The monoisotopic (exact) mass is 527 g/mol. The van der Waals surface area contributed by atoms with Crippen LogP contribution in [0.5, 0.6) is 0 Å². The predicted molar refractivity (Wildman–Crippen MR) is 114 cm³/mol. The largest absolute Gasteiger partial charge is 0.434 e. The molecular formula is C17H21F3IN5OS. The summed E-state index contributed by atoms with van der Waals surface area (Å²) in [6.07, 6.45) is -4.44. The highest BCUT2D eigenvalue weighted by molar-refractivity contribution is 14.0. The van der Waals surface area contributed by atoms with Crippen molar-refractivity contribution in [2.24, 2.45) is 4.99 Å². The van der Waals surface area contributed by atoms with Gasteiger partial charge in [0.2, 0.25) is 0 Å². The lowest BCUT2D eigenvalue weighted by Crippen LogP contribution is -2.36. The smallest absolute Gasteiger partial charge is 0.352 e. The van der Waals surface area contributed by atoms with E-state index in [4.69, 9.17) is 0 Å².